The Kier molecular flexibility index (Phi) is 9.41. The van der Waals surface area contributed by atoms with Crippen molar-refractivity contribution in [2.24, 2.45) is 0 Å². The number of rotatable bonds is 14. The fraction of sp³-hybridized carbons (Fsp3) is 0.310. The molecule has 2 rings (SSSR count). The van der Waals surface area contributed by atoms with Gasteiger partial charge in [0.15, 0.2) is 0 Å². The lowest BCUT2D eigenvalue weighted by molar-refractivity contribution is -0.0140. The van der Waals surface area contributed by atoms with E-state index in [9.17, 15) is 0 Å². The van der Waals surface area contributed by atoms with Gasteiger partial charge in [-0.2, -0.15) is 0 Å². The standard InChI is InChI=1S/C29H36O4/c1-9-13-23-19-25(15-17-27(23)32-21(5)30-11-3)29(7,8)26-16-18-28(24(20-26)14-10-2)33-22(6)31-12-4/h9-12,15-22H,1-4,13-14H2,5-8H3. The lowest BCUT2D eigenvalue weighted by Gasteiger charge is -2.29. The van der Waals surface area contributed by atoms with Crippen LogP contribution in [-0.4, -0.2) is 12.6 Å². The Morgan fingerprint density at radius 1 is 0.727 bits per heavy atom. The molecular weight excluding hydrogens is 412 g/mol. The van der Waals surface area contributed by atoms with Gasteiger partial charge in [0.05, 0.1) is 12.5 Å². The number of ether oxygens (including phenoxy) is 4. The van der Waals surface area contributed by atoms with Crippen LogP contribution in [0.25, 0.3) is 0 Å². The topological polar surface area (TPSA) is 36.9 Å². The van der Waals surface area contributed by atoms with E-state index in [2.05, 4.69) is 64.4 Å². The average Bonchev–Trinajstić information content (AvgIpc) is 2.76. The van der Waals surface area contributed by atoms with Gasteiger partial charge >= 0.3 is 0 Å². The van der Waals surface area contributed by atoms with E-state index in [1.54, 1.807) is 0 Å². The third kappa shape index (κ3) is 6.79. The summed E-state index contributed by atoms with van der Waals surface area (Å²) in [4.78, 5) is 0. The van der Waals surface area contributed by atoms with Crippen LogP contribution in [0.1, 0.15) is 49.9 Å². The predicted molar refractivity (Wildman–Crippen MR) is 136 cm³/mol. The lowest BCUT2D eigenvalue weighted by Crippen LogP contribution is -2.21. The number of allylic oxidation sites excluding steroid dienone is 2. The zero-order chi connectivity index (χ0) is 24.4. The van der Waals surface area contributed by atoms with Crippen LogP contribution in [0.5, 0.6) is 11.5 Å². The SMILES string of the molecule is C=CCc1cc(C(C)(C)c2ccc(OC(C)OC=C)c(CC=C)c2)ccc1OC(C)OC=C. The van der Waals surface area contributed by atoms with E-state index in [-0.39, 0.29) is 5.41 Å². The van der Waals surface area contributed by atoms with E-state index in [1.807, 2.05) is 38.1 Å². The summed E-state index contributed by atoms with van der Waals surface area (Å²) in [5.74, 6) is 1.55. The molecule has 0 aliphatic rings. The zero-order valence-corrected chi connectivity index (χ0v) is 20.3. The third-order valence-corrected chi connectivity index (χ3v) is 5.45. The lowest BCUT2D eigenvalue weighted by atomic mass is 9.76. The monoisotopic (exact) mass is 448 g/mol. The minimum absolute atomic E-state index is 0.255. The second-order valence-corrected chi connectivity index (χ2v) is 8.23. The third-order valence-electron chi connectivity index (χ3n) is 5.45. The maximum absolute atomic E-state index is 5.95. The Balaban J connectivity index is 2.42. The highest BCUT2D eigenvalue weighted by atomic mass is 16.7. The highest BCUT2D eigenvalue weighted by Gasteiger charge is 2.26. The molecule has 0 aromatic heterocycles. The summed E-state index contributed by atoms with van der Waals surface area (Å²) < 4.78 is 22.5. The number of hydrogen-bond acceptors (Lipinski definition) is 4. The summed E-state index contributed by atoms with van der Waals surface area (Å²) in [5.41, 5.74) is 4.19. The Hall–Kier alpha value is -3.40. The van der Waals surface area contributed by atoms with Crippen LogP contribution in [-0.2, 0) is 27.7 Å². The van der Waals surface area contributed by atoms with Gasteiger partial charge in [-0.05, 0) is 47.2 Å². The zero-order valence-electron chi connectivity index (χ0n) is 20.3. The van der Waals surface area contributed by atoms with Gasteiger partial charge in [-0.3, -0.25) is 0 Å². The van der Waals surface area contributed by atoms with Crippen molar-refractivity contribution in [3.05, 3.63) is 110 Å². The van der Waals surface area contributed by atoms with Crippen molar-refractivity contribution in [2.45, 2.75) is 58.5 Å². The normalized spacial score (nSPS) is 12.7. The van der Waals surface area contributed by atoms with Crippen LogP contribution in [0.4, 0.5) is 0 Å². The van der Waals surface area contributed by atoms with Gasteiger partial charge in [0.25, 0.3) is 0 Å². The number of benzene rings is 2. The molecule has 0 heterocycles. The van der Waals surface area contributed by atoms with Crippen LogP contribution in [0.15, 0.2) is 87.4 Å². The summed E-state index contributed by atoms with van der Waals surface area (Å²) >= 11 is 0. The van der Waals surface area contributed by atoms with Crippen LogP contribution in [0, 0.1) is 0 Å². The van der Waals surface area contributed by atoms with Gasteiger partial charge in [0, 0.05) is 19.3 Å². The maximum atomic E-state index is 5.95. The first-order valence-electron chi connectivity index (χ1n) is 11.1. The summed E-state index contributed by atoms with van der Waals surface area (Å²) in [7, 11) is 0. The first-order chi connectivity index (χ1) is 15.8. The molecule has 0 aliphatic carbocycles. The van der Waals surface area contributed by atoms with E-state index < -0.39 is 12.6 Å². The molecule has 2 aromatic carbocycles. The molecule has 0 aliphatic heterocycles. The molecule has 33 heavy (non-hydrogen) atoms. The van der Waals surface area contributed by atoms with Gasteiger partial charge in [-0.15, -0.1) is 13.2 Å². The quantitative estimate of drug-likeness (QED) is 0.173. The fourth-order valence-electron chi connectivity index (χ4n) is 3.65. The van der Waals surface area contributed by atoms with Crippen LogP contribution >= 0.6 is 0 Å². The van der Waals surface area contributed by atoms with Crippen molar-refractivity contribution in [2.75, 3.05) is 0 Å². The average molecular weight is 449 g/mol. The van der Waals surface area contributed by atoms with Crippen LogP contribution < -0.4 is 9.47 Å². The smallest absolute Gasteiger partial charge is 0.237 e. The fourth-order valence-corrected chi connectivity index (χ4v) is 3.65. The van der Waals surface area contributed by atoms with Gasteiger partial charge in [-0.1, -0.05) is 63.4 Å². The summed E-state index contributed by atoms with van der Waals surface area (Å²) in [6.07, 6.45) is 7.04. The van der Waals surface area contributed by atoms with E-state index in [4.69, 9.17) is 18.9 Å². The first kappa shape index (κ1) is 25.9. The van der Waals surface area contributed by atoms with Crippen molar-refractivity contribution in [1.82, 2.24) is 0 Å². The molecule has 4 nitrogen and oxygen atoms in total. The van der Waals surface area contributed by atoms with Gasteiger partial charge in [-0.25, -0.2) is 0 Å². The van der Waals surface area contributed by atoms with Gasteiger partial charge in [0.2, 0.25) is 12.6 Å². The summed E-state index contributed by atoms with van der Waals surface area (Å²) in [6.45, 7) is 23.1. The van der Waals surface area contributed by atoms with Gasteiger partial charge in [0.1, 0.15) is 11.5 Å². The van der Waals surface area contributed by atoms with Gasteiger partial charge < -0.3 is 18.9 Å². The molecule has 176 valence electrons. The second kappa shape index (κ2) is 12.0. The Labute approximate surface area is 198 Å². The molecular formula is C29H36O4. The molecule has 0 radical (unpaired) electrons. The minimum Gasteiger partial charge on any atom is -0.463 e. The summed E-state index contributed by atoms with van der Waals surface area (Å²) in [6, 6.07) is 12.5. The molecule has 2 aromatic rings. The highest BCUT2D eigenvalue weighted by molar-refractivity contribution is 5.48. The molecule has 0 spiro atoms. The van der Waals surface area contributed by atoms with Crippen molar-refractivity contribution < 1.29 is 18.9 Å². The maximum Gasteiger partial charge on any atom is 0.237 e. The van der Waals surface area contributed by atoms with E-state index in [1.165, 1.54) is 23.7 Å². The molecule has 0 fully saturated rings. The van der Waals surface area contributed by atoms with Crippen molar-refractivity contribution in [3.8, 4) is 11.5 Å². The van der Waals surface area contributed by atoms with E-state index >= 15 is 0 Å². The highest BCUT2D eigenvalue weighted by Crippen LogP contribution is 2.37. The number of hydrogen-bond donors (Lipinski definition) is 0. The second-order valence-electron chi connectivity index (χ2n) is 8.23. The van der Waals surface area contributed by atoms with E-state index in [0.29, 0.717) is 12.8 Å². The molecule has 0 bridgehead atoms. The van der Waals surface area contributed by atoms with Crippen molar-refractivity contribution >= 4 is 0 Å². The Morgan fingerprint density at radius 2 is 1.12 bits per heavy atom. The van der Waals surface area contributed by atoms with Crippen LogP contribution in [0.3, 0.4) is 0 Å². The molecule has 0 amide bonds. The molecule has 0 N–H and O–H groups in total. The van der Waals surface area contributed by atoms with E-state index in [0.717, 1.165) is 22.6 Å². The largest absolute Gasteiger partial charge is 0.463 e. The molecule has 0 saturated heterocycles. The summed E-state index contributed by atoms with van der Waals surface area (Å²) in [5, 5.41) is 0. The predicted octanol–water partition coefficient (Wildman–Crippen LogP) is 7.24. The molecule has 4 heteroatoms. The minimum atomic E-state index is -0.425. The molecule has 2 atom stereocenters. The Morgan fingerprint density at radius 3 is 1.45 bits per heavy atom. The Bertz CT molecular complexity index is 896. The van der Waals surface area contributed by atoms with Crippen molar-refractivity contribution in [1.29, 1.82) is 0 Å². The van der Waals surface area contributed by atoms with Crippen LogP contribution in [0.2, 0.25) is 0 Å². The molecule has 2 unspecified atom stereocenters. The first-order valence-corrected chi connectivity index (χ1v) is 11.1. The molecule has 0 saturated carbocycles. The van der Waals surface area contributed by atoms with Crippen molar-refractivity contribution in [3.63, 3.8) is 0 Å².